The molecule has 1 aliphatic rings. The van der Waals surface area contributed by atoms with Crippen molar-refractivity contribution in [2.75, 3.05) is 12.9 Å². The summed E-state index contributed by atoms with van der Waals surface area (Å²) in [5, 5.41) is -0.461. The topological polar surface area (TPSA) is 69.4 Å². The SMILES string of the molecule is COc1ccc2c(c1)CCC(S(=O)(=O)CCC(C)C)C2N. The first-order valence-electron chi connectivity index (χ1n) is 7.49. The molecule has 2 rings (SSSR count). The zero-order chi connectivity index (χ0) is 15.6. The van der Waals surface area contributed by atoms with Crippen molar-refractivity contribution < 1.29 is 13.2 Å². The van der Waals surface area contributed by atoms with Gasteiger partial charge in [-0.25, -0.2) is 8.42 Å². The Hall–Kier alpha value is -1.07. The van der Waals surface area contributed by atoms with Gasteiger partial charge in [0, 0.05) is 6.04 Å². The molecule has 2 atom stereocenters. The lowest BCUT2D eigenvalue weighted by atomic mass is 9.87. The largest absolute Gasteiger partial charge is 0.497 e. The first-order chi connectivity index (χ1) is 9.85. The van der Waals surface area contributed by atoms with Crippen molar-refractivity contribution in [3.8, 4) is 5.75 Å². The Bertz CT molecular complexity index is 596. The fourth-order valence-corrected chi connectivity index (χ4v) is 5.06. The van der Waals surface area contributed by atoms with E-state index < -0.39 is 21.1 Å². The van der Waals surface area contributed by atoms with Crippen LogP contribution in [0.25, 0.3) is 0 Å². The molecular formula is C16H25NO3S. The number of benzene rings is 1. The minimum Gasteiger partial charge on any atom is -0.497 e. The van der Waals surface area contributed by atoms with E-state index in [4.69, 9.17) is 10.5 Å². The summed E-state index contributed by atoms with van der Waals surface area (Å²) in [7, 11) is -1.51. The van der Waals surface area contributed by atoms with Gasteiger partial charge < -0.3 is 10.5 Å². The summed E-state index contributed by atoms with van der Waals surface area (Å²) < 4.78 is 30.3. The first-order valence-corrected chi connectivity index (χ1v) is 9.20. The number of fused-ring (bicyclic) bond motifs is 1. The number of hydrogen-bond acceptors (Lipinski definition) is 4. The van der Waals surface area contributed by atoms with Crippen LogP contribution in [0.1, 0.15) is 43.9 Å². The van der Waals surface area contributed by atoms with Crippen molar-refractivity contribution in [3.63, 3.8) is 0 Å². The molecule has 2 unspecified atom stereocenters. The van der Waals surface area contributed by atoms with Gasteiger partial charge in [0.1, 0.15) is 5.75 Å². The van der Waals surface area contributed by atoms with Gasteiger partial charge in [0.05, 0.1) is 18.1 Å². The minimum atomic E-state index is -3.14. The molecule has 0 radical (unpaired) electrons. The summed E-state index contributed by atoms with van der Waals surface area (Å²) in [5.41, 5.74) is 8.31. The van der Waals surface area contributed by atoms with Crippen LogP contribution in [0.5, 0.6) is 5.75 Å². The second-order valence-corrected chi connectivity index (χ2v) is 8.56. The number of sulfone groups is 1. The summed E-state index contributed by atoms with van der Waals surface area (Å²) in [6, 6.07) is 5.29. The molecule has 0 saturated heterocycles. The van der Waals surface area contributed by atoms with Crippen LogP contribution in [0.15, 0.2) is 18.2 Å². The monoisotopic (exact) mass is 311 g/mol. The van der Waals surface area contributed by atoms with Crippen LogP contribution in [0.3, 0.4) is 0 Å². The van der Waals surface area contributed by atoms with Crippen LogP contribution in [0.4, 0.5) is 0 Å². The molecule has 0 aromatic heterocycles. The zero-order valence-electron chi connectivity index (χ0n) is 13.0. The average molecular weight is 311 g/mol. The number of methoxy groups -OCH3 is 1. The fourth-order valence-electron chi connectivity index (χ4n) is 2.88. The van der Waals surface area contributed by atoms with Crippen molar-refractivity contribution in [2.24, 2.45) is 11.7 Å². The van der Waals surface area contributed by atoms with Gasteiger partial charge in [0.25, 0.3) is 0 Å². The maximum Gasteiger partial charge on any atom is 0.155 e. The van der Waals surface area contributed by atoms with Crippen LogP contribution in [0.2, 0.25) is 0 Å². The molecule has 0 amide bonds. The zero-order valence-corrected chi connectivity index (χ0v) is 13.8. The van der Waals surface area contributed by atoms with Crippen molar-refractivity contribution in [1.82, 2.24) is 0 Å². The Labute approximate surface area is 127 Å². The highest BCUT2D eigenvalue weighted by Gasteiger charge is 2.36. The predicted molar refractivity (Wildman–Crippen MR) is 85.3 cm³/mol. The lowest BCUT2D eigenvalue weighted by molar-refractivity contribution is 0.413. The Morgan fingerprint density at radius 2 is 2.10 bits per heavy atom. The number of ether oxygens (including phenoxy) is 1. The normalized spacial score (nSPS) is 22.1. The Kier molecular flexibility index (Phi) is 4.94. The third kappa shape index (κ3) is 3.58. The smallest absolute Gasteiger partial charge is 0.155 e. The van der Waals surface area contributed by atoms with Crippen LogP contribution in [-0.2, 0) is 16.3 Å². The van der Waals surface area contributed by atoms with E-state index in [0.29, 0.717) is 18.8 Å². The number of rotatable bonds is 5. The maximum absolute atomic E-state index is 12.5. The van der Waals surface area contributed by atoms with Crippen molar-refractivity contribution in [1.29, 1.82) is 0 Å². The van der Waals surface area contributed by atoms with E-state index in [9.17, 15) is 8.42 Å². The Morgan fingerprint density at radius 1 is 1.38 bits per heavy atom. The average Bonchev–Trinajstić information content (AvgIpc) is 2.45. The second-order valence-electron chi connectivity index (χ2n) is 6.22. The van der Waals surface area contributed by atoms with Crippen molar-refractivity contribution in [2.45, 2.75) is 44.4 Å². The van der Waals surface area contributed by atoms with Gasteiger partial charge in [-0.1, -0.05) is 19.9 Å². The maximum atomic E-state index is 12.5. The number of aryl methyl sites for hydroxylation is 1. The van der Waals surface area contributed by atoms with E-state index in [0.717, 1.165) is 23.3 Å². The van der Waals surface area contributed by atoms with Crippen molar-refractivity contribution >= 4 is 9.84 Å². The van der Waals surface area contributed by atoms with Gasteiger partial charge in [-0.05, 0) is 48.4 Å². The lowest BCUT2D eigenvalue weighted by Crippen LogP contribution is -2.39. The fraction of sp³-hybridized carbons (Fsp3) is 0.625. The van der Waals surface area contributed by atoms with Gasteiger partial charge in [-0.2, -0.15) is 0 Å². The van der Waals surface area contributed by atoms with E-state index >= 15 is 0 Å². The molecule has 0 heterocycles. The second kappa shape index (κ2) is 6.36. The molecule has 1 aromatic carbocycles. The molecule has 0 aliphatic heterocycles. The van der Waals surface area contributed by atoms with Gasteiger partial charge in [-0.3, -0.25) is 0 Å². The van der Waals surface area contributed by atoms with Gasteiger partial charge in [-0.15, -0.1) is 0 Å². The molecule has 1 aromatic rings. The summed E-state index contributed by atoms with van der Waals surface area (Å²) in [6.07, 6.45) is 2.04. The number of nitrogens with two attached hydrogens (primary N) is 1. The summed E-state index contributed by atoms with van der Waals surface area (Å²) in [4.78, 5) is 0. The third-order valence-electron chi connectivity index (χ3n) is 4.25. The van der Waals surface area contributed by atoms with E-state index in [1.54, 1.807) is 7.11 Å². The van der Waals surface area contributed by atoms with Crippen molar-refractivity contribution in [3.05, 3.63) is 29.3 Å². The highest BCUT2D eigenvalue weighted by atomic mass is 32.2. The van der Waals surface area contributed by atoms with Crippen LogP contribution in [-0.4, -0.2) is 26.5 Å². The van der Waals surface area contributed by atoms with E-state index in [1.165, 1.54) is 0 Å². The standard InChI is InChI=1S/C16H25NO3S/c1-11(2)8-9-21(18,19)15-7-4-12-10-13(20-3)5-6-14(12)16(15)17/h5-6,10-11,15-16H,4,7-9,17H2,1-3H3. The lowest BCUT2D eigenvalue weighted by Gasteiger charge is -2.31. The Morgan fingerprint density at radius 3 is 2.71 bits per heavy atom. The molecule has 4 nitrogen and oxygen atoms in total. The van der Waals surface area contributed by atoms with Crippen LogP contribution >= 0.6 is 0 Å². The molecule has 0 spiro atoms. The van der Waals surface area contributed by atoms with Gasteiger partial charge >= 0.3 is 0 Å². The quantitative estimate of drug-likeness (QED) is 0.907. The predicted octanol–water partition coefficient (Wildman–Crippen LogP) is 2.47. The third-order valence-corrected chi connectivity index (χ3v) is 6.51. The summed E-state index contributed by atoms with van der Waals surface area (Å²) in [6.45, 7) is 4.08. The van der Waals surface area contributed by atoms with Crippen LogP contribution in [0, 0.1) is 5.92 Å². The van der Waals surface area contributed by atoms with Gasteiger partial charge in [0.2, 0.25) is 0 Å². The molecule has 21 heavy (non-hydrogen) atoms. The molecule has 118 valence electrons. The molecule has 5 heteroatoms. The highest BCUT2D eigenvalue weighted by molar-refractivity contribution is 7.92. The van der Waals surface area contributed by atoms with E-state index in [1.807, 2.05) is 32.0 Å². The molecule has 2 N–H and O–H groups in total. The van der Waals surface area contributed by atoms with E-state index in [2.05, 4.69) is 0 Å². The molecule has 1 aliphatic carbocycles. The number of hydrogen-bond donors (Lipinski definition) is 1. The first kappa shape index (κ1) is 16.3. The highest BCUT2D eigenvalue weighted by Crippen LogP contribution is 2.34. The molecule has 0 saturated carbocycles. The van der Waals surface area contributed by atoms with Gasteiger partial charge in [0.15, 0.2) is 9.84 Å². The molecule has 0 bridgehead atoms. The minimum absolute atomic E-state index is 0.231. The van der Waals surface area contributed by atoms with Crippen LogP contribution < -0.4 is 10.5 Å². The Balaban J connectivity index is 2.22. The molecule has 0 fully saturated rings. The molecular weight excluding hydrogens is 286 g/mol. The summed E-state index contributed by atoms with van der Waals surface area (Å²) >= 11 is 0. The summed E-state index contributed by atoms with van der Waals surface area (Å²) in [5.74, 6) is 1.41. The van der Waals surface area contributed by atoms with E-state index in [-0.39, 0.29) is 5.75 Å².